The molecule has 0 spiro atoms. The SMILES string of the molecule is O=C(O)C1=C(C(=O)NC2(F)C=CC(c3ccccc3F)=CC2)CCC1. The molecular formula is C19H17F2NO3. The van der Waals surface area contributed by atoms with Crippen molar-refractivity contribution in [2.75, 3.05) is 0 Å². The minimum absolute atomic E-state index is 0.0449. The van der Waals surface area contributed by atoms with Gasteiger partial charge in [-0.15, -0.1) is 0 Å². The van der Waals surface area contributed by atoms with Gasteiger partial charge in [-0.2, -0.15) is 0 Å². The number of alkyl halides is 1. The molecule has 1 amide bonds. The summed E-state index contributed by atoms with van der Waals surface area (Å²) in [7, 11) is 0. The van der Waals surface area contributed by atoms with E-state index in [1.165, 1.54) is 24.3 Å². The first kappa shape index (κ1) is 17.1. The number of hydrogen-bond acceptors (Lipinski definition) is 2. The average molecular weight is 345 g/mol. The summed E-state index contributed by atoms with van der Waals surface area (Å²) >= 11 is 0. The number of carbonyl (C=O) groups excluding carboxylic acids is 1. The highest BCUT2D eigenvalue weighted by Gasteiger charge is 2.33. The first-order chi connectivity index (χ1) is 11.9. The maximum Gasteiger partial charge on any atom is 0.332 e. The number of benzene rings is 1. The number of carboxylic acid groups (broad SMARTS) is 1. The van der Waals surface area contributed by atoms with Gasteiger partial charge in [0.25, 0.3) is 0 Å². The minimum atomic E-state index is -2.12. The fourth-order valence-electron chi connectivity index (χ4n) is 3.10. The van der Waals surface area contributed by atoms with E-state index in [1.807, 2.05) is 0 Å². The summed E-state index contributed by atoms with van der Waals surface area (Å²) in [5.74, 6) is -4.37. The molecule has 6 heteroatoms. The Hall–Kier alpha value is -2.76. The highest BCUT2D eigenvalue weighted by atomic mass is 19.1. The molecule has 0 fully saturated rings. The normalized spacial score (nSPS) is 22.7. The summed E-state index contributed by atoms with van der Waals surface area (Å²) in [5, 5.41) is 11.4. The van der Waals surface area contributed by atoms with Gasteiger partial charge in [0.1, 0.15) is 5.82 Å². The average Bonchev–Trinajstić information content (AvgIpc) is 3.06. The van der Waals surface area contributed by atoms with Gasteiger partial charge in [0, 0.05) is 23.1 Å². The van der Waals surface area contributed by atoms with Gasteiger partial charge in [-0.25, -0.2) is 13.6 Å². The number of hydrogen-bond donors (Lipinski definition) is 2. The van der Waals surface area contributed by atoms with Crippen LogP contribution in [-0.2, 0) is 9.59 Å². The smallest absolute Gasteiger partial charge is 0.332 e. The van der Waals surface area contributed by atoms with E-state index in [4.69, 9.17) is 5.11 Å². The highest BCUT2D eigenvalue weighted by Crippen LogP contribution is 2.31. The summed E-state index contributed by atoms with van der Waals surface area (Å²) in [6, 6.07) is 6.17. The van der Waals surface area contributed by atoms with Gasteiger partial charge < -0.3 is 10.4 Å². The number of allylic oxidation sites excluding steroid dienone is 2. The number of amides is 1. The van der Waals surface area contributed by atoms with Crippen LogP contribution in [0.4, 0.5) is 8.78 Å². The summed E-state index contributed by atoms with van der Waals surface area (Å²) in [6.07, 6.45) is 5.14. The zero-order valence-corrected chi connectivity index (χ0v) is 13.4. The first-order valence-corrected chi connectivity index (χ1v) is 8.01. The number of nitrogens with one attached hydrogen (secondary N) is 1. The molecule has 2 aliphatic rings. The lowest BCUT2D eigenvalue weighted by Crippen LogP contribution is -2.44. The second-order valence-electron chi connectivity index (χ2n) is 6.11. The Balaban J connectivity index is 1.74. The molecule has 25 heavy (non-hydrogen) atoms. The lowest BCUT2D eigenvalue weighted by Gasteiger charge is -2.26. The highest BCUT2D eigenvalue weighted by molar-refractivity contribution is 6.03. The third-order valence-electron chi connectivity index (χ3n) is 4.40. The molecular weight excluding hydrogens is 328 g/mol. The van der Waals surface area contributed by atoms with Gasteiger partial charge in [0.15, 0.2) is 0 Å². The molecule has 1 unspecified atom stereocenters. The van der Waals surface area contributed by atoms with Crippen molar-refractivity contribution in [2.45, 2.75) is 31.5 Å². The second-order valence-corrected chi connectivity index (χ2v) is 6.11. The third kappa shape index (κ3) is 3.52. The van der Waals surface area contributed by atoms with Crippen LogP contribution >= 0.6 is 0 Å². The quantitative estimate of drug-likeness (QED) is 0.821. The van der Waals surface area contributed by atoms with E-state index in [0.29, 0.717) is 30.4 Å². The molecule has 0 heterocycles. The Labute approximate surface area is 143 Å². The third-order valence-corrected chi connectivity index (χ3v) is 4.40. The maximum atomic E-state index is 14.9. The molecule has 1 aromatic rings. The number of aliphatic carboxylic acids is 1. The zero-order chi connectivity index (χ0) is 18.0. The van der Waals surface area contributed by atoms with Crippen LogP contribution in [0.5, 0.6) is 0 Å². The Bertz CT molecular complexity index is 826. The van der Waals surface area contributed by atoms with Gasteiger partial charge >= 0.3 is 5.97 Å². The van der Waals surface area contributed by atoms with Crippen LogP contribution in [0.25, 0.3) is 5.57 Å². The molecule has 130 valence electrons. The van der Waals surface area contributed by atoms with Crippen LogP contribution < -0.4 is 5.32 Å². The van der Waals surface area contributed by atoms with Crippen LogP contribution in [0.15, 0.2) is 53.6 Å². The van der Waals surface area contributed by atoms with Crippen molar-refractivity contribution in [1.82, 2.24) is 5.32 Å². The molecule has 3 rings (SSSR count). The van der Waals surface area contributed by atoms with Crippen LogP contribution in [0.2, 0.25) is 0 Å². The van der Waals surface area contributed by atoms with Crippen LogP contribution in [0.1, 0.15) is 31.2 Å². The fourth-order valence-corrected chi connectivity index (χ4v) is 3.10. The molecule has 2 N–H and O–H groups in total. The summed E-state index contributed by atoms with van der Waals surface area (Å²) in [4.78, 5) is 23.4. The van der Waals surface area contributed by atoms with Crippen molar-refractivity contribution in [3.63, 3.8) is 0 Å². The van der Waals surface area contributed by atoms with E-state index in [0.717, 1.165) is 0 Å². The molecule has 1 atom stereocenters. The van der Waals surface area contributed by atoms with E-state index in [1.54, 1.807) is 18.2 Å². The van der Waals surface area contributed by atoms with Gasteiger partial charge in [-0.3, -0.25) is 4.79 Å². The number of carbonyl (C=O) groups is 2. The van der Waals surface area contributed by atoms with Crippen LogP contribution in [0.3, 0.4) is 0 Å². The van der Waals surface area contributed by atoms with Crippen molar-refractivity contribution in [3.05, 3.63) is 65.0 Å². The van der Waals surface area contributed by atoms with Crippen LogP contribution in [0, 0.1) is 5.82 Å². The summed E-state index contributed by atoms with van der Waals surface area (Å²) < 4.78 is 28.7. The Kier molecular flexibility index (Phi) is 4.53. The van der Waals surface area contributed by atoms with E-state index >= 15 is 0 Å². The predicted octanol–water partition coefficient (Wildman–Crippen LogP) is 3.52. The maximum absolute atomic E-state index is 14.9. The van der Waals surface area contributed by atoms with E-state index < -0.39 is 23.5 Å². The Morgan fingerprint density at radius 2 is 1.88 bits per heavy atom. The number of carboxylic acids is 1. The van der Waals surface area contributed by atoms with Crippen molar-refractivity contribution in [3.8, 4) is 0 Å². The van der Waals surface area contributed by atoms with Crippen molar-refractivity contribution in [1.29, 1.82) is 0 Å². The Morgan fingerprint density at radius 1 is 1.16 bits per heavy atom. The van der Waals surface area contributed by atoms with Gasteiger partial charge in [-0.1, -0.05) is 30.4 Å². The van der Waals surface area contributed by atoms with E-state index in [9.17, 15) is 18.4 Å². The van der Waals surface area contributed by atoms with Gasteiger partial charge in [0.05, 0.1) is 0 Å². The largest absolute Gasteiger partial charge is 0.478 e. The molecule has 0 saturated carbocycles. The van der Waals surface area contributed by atoms with Crippen molar-refractivity contribution in [2.24, 2.45) is 0 Å². The molecule has 0 bridgehead atoms. The zero-order valence-electron chi connectivity index (χ0n) is 13.4. The first-order valence-electron chi connectivity index (χ1n) is 8.01. The van der Waals surface area contributed by atoms with Gasteiger partial charge in [-0.05, 0) is 37.0 Å². The molecule has 4 nitrogen and oxygen atoms in total. The van der Waals surface area contributed by atoms with Crippen molar-refractivity contribution >= 4 is 17.4 Å². The second kappa shape index (κ2) is 6.63. The fraction of sp³-hybridized carbons (Fsp3) is 0.263. The predicted molar refractivity (Wildman–Crippen MR) is 88.6 cm³/mol. The molecule has 0 aliphatic heterocycles. The number of halogens is 2. The van der Waals surface area contributed by atoms with Crippen LogP contribution in [-0.4, -0.2) is 22.8 Å². The minimum Gasteiger partial charge on any atom is -0.478 e. The monoisotopic (exact) mass is 345 g/mol. The van der Waals surface area contributed by atoms with E-state index in [-0.39, 0.29) is 17.6 Å². The molecule has 0 saturated heterocycles. The molecule has 1 aromatic carbocycles. The lowest BCUT2D eigenvalue weighted by molar-refractivity contribution is -0.133. The topological polar surface area (TPSA) is 66.4 Å². The number of rotatable bonds is 4. The summed E-state index contributed by atoms with van der Waals surface area (Å²) in [6.45, 7) is 0. The molecule has 0 aromatic heterocycles. The molecule has 0 radical (unpaired) electrons. The molecule has 2 aliphatic carbocycles. The van der Waals surface area contributed by atoms with Gasteiger partial charge in [0.2, 0.25) is 11.7 Å². The lowest BCUT2D eigenvalue weighted by atomic mass is 9.95. The Morgan fingerprint density at radius 3 is 2.52 bits per heavy atom. The van der Waals surface area contributed by atoms with Crippen molar-refractivity contribution < 1.29 is 23.5 Å². The van der Waals surface area contributed by atoms with E-state index in [2.05, 4.69) is 5.32 Å². The summed E-state index contributed by atoms with van der Waals surface area (Å²) in [5.41, 5.74) is 1.07. The standard InChI is InChI=1S/C19H17F2NO3/c20-16-7-2-1-4-13(16)12-8-10-19(21,11-9-12)22-17(23)14-5-3-6-15(14)18(24)25/h1-2,4,7-10H,3,5-6,11H2,(H,22,23)(H,24,25).